The van der Waals surface area contributed by atoms with Gasteiger partial charge in [-0.25, -0.2) is 0 Å². The molecular weight excluding hydrogens is 166 g/mol. The van der Waals surface area contributed by atoms with Gasteiger partial charge in [0.15, 0.2) is 0 Å². The lowest BCUT2D eigenvalue weighted by molar-refractivity contribution is 0.478. The minimum atomic E-state index is 0.100. The average Bonchev–Trinajstić information content (AvgIpc) is 2.62. The van der Waals surface area contributed by atoms with E-state index in [0.717, 1.165) is 11.3 Å². The first kappa shape index (κ1) is 7.67. The van der Waals surface area contributed by atoms with Crippen LogP contribution in [0, 0.1) is 0 Å². The molecule has 0 spiro atoms. The maximum absolute atomic E-state index is 9.19. The van der Waals surface area contributed by atoms with Gasteiger partial charge in [0, 0.05) is 11.8 Å². The van der Waals surface area contributed by atoms with Crippen molar-refractivity contribution >= 4 is 5.69 Å². The summed E-state index contributed by atoms with van der Waals surface area (Å²) in [6, 6.07) is 6.87. The summed E-state index contributed by atoms with van der Waals surface area (Å²) in [7, 11) is 0. The molecule has 0 bridgehead atoms. The van der Waals surface area contributed by atoms with E-state index in [1.165, 1.54) is 0 Å². The zero-order chi connectivity index (χ0) is 9.26. The van der Waals surface area contributed by atoms with Crippen LogP contribution in [0.2, 0.25) is 0 Å². The maximum atomic E-state index is 9.19. The second-order valence-corrected chi connectivity index (χ2v) is 2.74. The Morgan fingerprint density at radius 1 is 1.31 bits per heavy atom. The first-order valence-corrected chi connectivity index (χ1v) is 3.85. The van der Waals surface area contributed by atoms with Crippen molar-refractivity contribution in [3.8, 4) is 17.0 Å². The lowest BCUT2D eigenvalue weighted by Gasteiger charge is -2.01. The second-order valence-electron chi connectivity index (χ2n) is 2.74. The summed E-state index contributed by atoms with van der Waals surface area (Å²) < 4.78 is 0. The molecule has 0 amide bonds. The van der Waals surface area contributed by atoms with Crippen LogP contribution in [0.15, 0.2) is 30.5 Å². The fourth-order valence-corrected chi connectivity index (χ4v) is 1.14. The molecule has 1 heterocycles. The molecule has 13 heavy (non-hydrogen) atoms. The highest BCUT2D eigenvalue weighted by Gasteiger charge is 2.01. The molecule has 4 N–H and O–H groups in total. The Bertz CT molecular complexity index is 409. The standard InChI is InChI=1S/C9H9N3O/c10-7-5-6(1-2-9(7)13)8-3-4-11-12-8/h1-5,13H,10H2,(H,11,12). The molecule has 0 saturated heterocycles. The number of hydrogen-bond donors (Lipinski definition) is 3. The summed E-state index contributed by atoms with van der Waals surface area (Å²) in [5.74, 6) is 0.100. The summed E-state index contributed by atoms with van der Waals surface area (Å²) in [6.45, 7) is 0. The minimum Gasteiger partial charge on any atom is -0.506 e. The quantitative estimate of drug-likeness (QED) is 0.452. The van der Waals surface area contributed by atoms with Crippen molar-refractivity contribution in [1.29, 1.82) is 0 Å². The van der Waals surface area contributed by atoms with Crippen LogP contribution in [-0.2, 0) is 0 Å². The SMILES string of the molecule is Nc1cc(-c2ccn[nH]2)ccc1O. The van der Waals surface area contributed by atoms with E-state index in [0.29, 0.717) is 5.69 Å². The topological polar surface area (TPSA) is 74.9 Å². The molecular formula is C9H9N3O. The Hall–Kier alpha value is -1.97. The molecule has 1 aromatic heterocycles. The van der Waals surface area contributed by atoms with Crippen molar-refractivity contribution in [2.75, 3.05) is 5.73 Å². The molecule has 1 aromatic carbocycles. The minimum absolute atomic E-state index is 0.100. The van der Waals surface area contributed by atoms with E-state index in [9.17, 15) is 5.11 Å². The van der Waals surface area contributed by atoms with Crippen LogP contribution in [0.5, 0.6) is 5.75 Å². The third-order valence-electron chi connectivity index (χ3n) is 1.84. The number of phenols is 1. The van der Waals surface area contributed by atoms with Gasteiger partial charge in [-0.05, 0) is 24.3 Å². The Labute approximate surface area is 75.0 Å². The highest BCUT2D eigenvalue weighted by Crippen LogP contribution is 2.25. The van der Waals surface area contributed by atoms with Gasteiger partial charge >= 0.3 is 0 Å². The van der Waals surface area contributed by atoms with E-state index < -0.39 is 0 Å². The van der Waals surface area contributed by atoms with Crippen molar-refractivity contribution in [1.82, 2.24) is 10.2 Å². The summed E-state index contributed by atoms with van der Waals surface area (Å²) in [4.78, 5) is 0. The van der Waals surface area contributed by atoms with E-state index in [2.05, 4.69) is 10.2 Å². The summed E-state index contributed by atoms with van der Waals surface area (Å²) >= 11 is 0. The van der Waals surface area contributed by atoms with Gasteiger partial charge < -0.3 is 10.8 Å². The Balaban J connectivity index is 2.49. The smallest absolute Gasteiger partial charge is 0.138 e. The number of anilines is 1. The van der Waals surface area contributed by atoms with Gasteiger partial charge in [0.1, 0.15) is 5.75 Å². The molecule has 66 valence electrons. The van der Waals surface area contributed by atoms with E-state index >= 15 is 0 Å². The number of phenolic OH excluding ortho intramolecular Hbond substituents is 1. The number of H-pyrrole nitrogens is 1. The van der Waals surface area contributed by atoms with E-state index in [1.807, 2.05) is 6.07 Å². The molecule has 0 aliphatic rings. The Morgan fingerprint density at radius 2 is 2.15 bits per heavy atom. The maximum Gasteiger partial charge on any atom is 0.138 e. The molecule has 4 heteroatoms. The van der Waals surface area contributed by atoms with E-state index in [4.69, 9.17) is 5.73 Å². The molecule has 0 fully saturated rings. The normalized spacial score (nSPS) is 10.2. The van der Waals surface area contributed by atoms with Crippen LogP contribution in [0.4, 0.5) is 5.69 Å². The van der Waals surface area contributed by atoms with Crippen LogP contribution >= 0.6 is 0 Å². The number of aromatic nitrogens is 2. The predicted octanol–water partition coefficient (Wildman–Crippen LogP) is 1.36. The van der Waals surface area contributed by atoms with Gasteiger partial charge in [-0.3, -0.25) is 5.10 Å². The third kappa shape index (κ3) is 1.33. The lowest BCUT2D eigenvalue weighted by atomic mass is 10.1. The number of hydrogen-bond acceptors (Lipinski definition) is 3. The van der Waals surface area contributed by atoms with Gasteiger partial charge in [0.2, 0.25) is 0 Å². The number of aromatic amines is 1. The van der Waals surface area contributed by atoms with Gasteiger partial charge in [0.05, 0.1) is 11.4 Å². The highest BCUT2D eigenvalue weighted by molar-refractivity contribution is 5.67. The van der Waals surface area contributed by atoms with Gasteiger partial charge in [-0.15, -0.1) is 0 Å². The zero-order valence-electron chi connectivity index (χ0n) is 6.86. The third-order valence-corrected chi connectivity index (χ3v) is 1.84. The number of nitrogens with zero attached hydrogens (tertiary/aromatic N) is 1. The number of benzene rings is 1. The van der Waals surface area contributed by atoms with Crippen molar-refractivity contribution in [3.63, 3.8) is 0 Å². The van der Waals surface area contributed by atoms with E-state index in [-0.39, 0.29) is 5.75 Å². The van der Waals surface area contributed by atoms with Gasteiger partial charge in [-0.1, -0.05) is 0 Å². The second kappa shape index (κ2) is 2.82. The fourth-order valence-electron chi connectivity index (χ4n) is 1.14. The van der Waals surface area contributed by atoms with Crippen LogP contribution in [0.25, 0.3) is 11.3 Å². The molecule has 2 aromatic rings. The first-order valence-electron chi connectivity index (χ1n) is 3.85. The predicted molar refractivity (Wildman–Crippen MR) is 50.1 cm³/mol. The number of nitrogens with two attached hydrogens (primary N) is 1. The molecule has 0 radical (unpaired) electrons. The molecule has 0 atom stereocenters. The Kier molecular flexibility index (Phi) is 1.66. The molecule has 0 aliphatic carbocycles. The average molecular weight is 175 g/mol. The summed E-state index contributed by atoms with van der Waals surface area (Å²) in [6.07, 6.45) is 1.67. The molecule has 0 unspecified atom stereocenters. The summed E-state index contributed by atoms with van der Waals surface area (Å²) in [5.41, 5.74) is 7.70. The van der Waals surface area contributed by atoms with Gasteiger partial charge in [0.25, 0.3) is 0 Å². The number of nitrogen functional groups attached to an aromatic ring is 1. The largest absolute Gasteiger partial charge is 0.506 e. The van der Waals surface area contributed by atoms with Crippen molar-refractivity contribution in [3.05, 3.63) is 30.5 Å². The number of nitrogens with one attached hydrogen (secondary N) is 1. The molecule has 0 saturated carbocycles. The van der Waals surface area contributed by atoms with E-state index in [1.54, 1.807) is 24.4 Å². The van der Waals surface area contributed by atoms with Gasteiger partial charge in [-0.2, -0.15) is 5.10 Å². The van der Waals surface area contributed by atoms with Crippen LogP contribution < -0.4 is 5.73 Å². The monoisotopic (exact) mass is 175 g/mol. The number of rotatable bonds is 1. The van der Waals surface area contributed by atoms with Crippen molar-refractivity contribution < 1.29 is 5.11 Å². The lowest BCUT2D eigenvalue weighted by Crippen LogP contribution is -1.86. The summed E-state index contributed by atoms with van der Waals surface area (Å²) in [5, 5.41) is 15.8. The highest BCUT2D eigenvalue weighted by atomic mass is 16.3. The van der Waals surface area contributed by atoms with Crippen molar-refractivity contribution in [2.45, 2.75) is 0 Å². The number of aromatic hydroxyl groups is 1. The Morgan fingerprint density at radius 3 is 2.77 bits per heavy atom. The van der Waals surface area contributed by atoms with Crippen LogP contribution in [-0.4, -0.2) is 15.3 Å². The molecule has 4 nitrogen and oxygen atoms in total. The van der Waals surface area contributed by atoms with Crippen LogP contribution in [0.1, 0.15) is 0 Å². The molecule has 2 rings (SSSR count). The first-order chi connectivity index (χ1) is 6.27. The molecule has 0 aliphatic heterocycles. The van der Waals surface area contributed by atoms with Crippen molar-refractivity contribution in [2.24, 2.45) is 0 Å². The zero-order valence-corrected chi connectivity index (χ0v) is 6.86. The van der Waals surface area contributed by atoms with Crippen LogP contribution in [0.3, 0.4) is 0 Å². The fraction of sp³-hybridized carbons (Fsp3) is 0.